The number of unbranched alkanes of at least 4 members (excludes halogenated alkanes) is 1. The fourth-order valence-corrected chi connectivity index (χ4v) is 8.31. The molecule has 2 aromatic carbocycles. The topological polar surface area (TPSA) is 275 Å². The minimum absolute atomic E-state index is 0.0286. The molecule has 0 aromatic heterocycles. The van der Waals surface area contributed by atoms with Crippen LogP contribution in [0.25, 0.3) is 0 Å². The number of Topliss-reactive ketones (excluding diaryl/α,β-unsaturated/α-hetero) is 1. The van der Waals surface area contributed by atoms with Gasteiger partial charge in [0.05, 0.1) is 25.7 Å². The first-order valence-electron chi connectivity index (χ1n) is 22.9. The lowest BCUT2D eigenvalue weighted by atomic mass is 9.98. The molecular formula is C48H65N7O13. The number of aliphatic carboxylic acids is 4. The molecular weight excluding hydrogens is 883 g/mol. The quantitative estimate of drug-likeness (QED) is 0.0600. The summed E-state index contributed by atoms with van der Waals surface area (Å²) >= 11 is 0. The van der Waals surface area contributed by atoms with E-state index in [1.54, 1.807) is 64.4 Å². The normalized spacial score (nSPS) is 17.8. The van der Waals surface area contributed by atoms with Crippen LogP contribution in [0, 0.1) is 5.92 Å². The molecule has 2 aliphatic heterocycles. The minimum atomic E-state index is -1.28. The molecule has 0 aliphatic carbocycles. The maximum Gasteiger partial charge on any atom is 0.326 e. The van der Waals surface area contributed by atoms with Gasteiger partial charge in [-0.15, -0.1) is 0 Å². The average Bonchev–Trinajstić information content (AvgIpc) is 3.60. The van der Waals surface area contributed by atoms with Gasteiger partial charge in [0.15, 0.2) is 5.78 Å². The minimum Gasteiger partial charge on any atom is -0.480 e. The SMILES string of the molecule is CC(C)CN1CCN(CC(=O)O)CCN(CC(=O)O)CC(Cc2ccc(C(=O)N[C@@H](Cc3ccccc3)C(=O)CCC(=O)N[C@@H](CCCCN3C(=O)C=CC3=O)C(=O)O)cc2)N(CC(=O)O)CC1. The van der Waals surface area contributed by atoms with Crippen LogP contribution < -0.4 is 10.6 Å². The molecule has 0 spiro atoms. The molecule has 370 valence electrons. The van der Waals surface area contributed by atoms with Gasteiger partial charge >= 0.3 is 23.9 Å². The van der Waals surface area contributed by atoms with Crippen molar-refractivity contribution < 1.29 is 63.6 Å². The molecule has 6 N–H and O–H groups in total. The summed E-state index contributed by atoms with van der Waals surface area (Å²) in [6.07, 6.45) is 2.71. The number of imide groups is 1. The van der Waals surface area contributed by atoms with Gasteiger partial charge in [0, 0.05) is 95.5 Å². The molecule has 4 rings (SSSR count). The molecule has 2 aliphatic rings. The lowest BCUT2D eigenvalue weighted by Crippen LogP contribution is -2.53. The van der Waals surface area contributed by atoms with Crippen molar-refractivity contribution in [2.24, 2.45) is 5.92 Å². The number of nitrogens with zero attached hydrogens (tertiary/aromatic N) is 5. The maximum absolute atomic E-state index is 13.8. The van der Waals surface area contributed by atoms with Crippen LogP contribution >= 0.6 is 0 Å². The highest BCUT2D eigenvalue weighted by Gasteiger charge is 2.29. The van der Waals surface area contributed by atoms with E-state index in [0.717, 1.165) is 28.2 Å². The number of benzene rings is 2. The van der Waals surface area contributed by atoms with E-state index in [4.69, 9.17) is 0 Å². The first kappa shape index (κ1) is 54.3. The highest BCUT2D eigenvalue weighted by Crippen LogP contribution is 2.16. The van der Waals surface area contributed by atoms with Gasteiger partial charge in [-0.25, -0.2) is 4.79 Å². The van der Waals surface area contributed by atoms with Crippen LogP contribution in [0.3, 0.4) is 0 Å². The second-order valence-corrected chi connectivity index (χ2v) is 17.7. The van der Waals surface area contributed by atoms with E-state index in [9.17, 15) is 63.6 Å². The number of carboxylic acids is 4. The van der Waals surface area contributed by atoms with E-state index in [1.807, 2.05) is 4.90 Å². The molecule has 1 saturated heterocycles. The van der Waals surface area contributed by atoms with Crippen LogP contribution in [-0.2, 0) is 51.2 Å². The Morgan fingerprint density at radius 1 is 0.647 bits per heavy atom. The molecule has 68 heavy (non-hydrogen) atoms. The lowest BCUT2D eigenvalue weighted by molar-refractivity contribution is -0.142. The van der Waals surface area contributed by atoms with Crippen molar-refractivity contribution in [1.29, 1.82) is 0 Å². The van der Waals surface area contributed by atoms with E-state index in [0.29, 0.717) is 45.6 Å². The number of hydrogen-bond acceptors (Lipinski definition) is 13. The molecule has 0 radical (unpaired) electrons. The molecule has 2 heterocycles. The van der Waals surface area contributed by atoms with Crippen molar-refractivity contribution in [2.75, 3.05) is 78.5 Å². The Labute approximate surface area is 395 Å². The van der Waals surface area contributed by atoms with E-state index in [2.05, 4.69) is 29.4 Å². The highest BCUT2D eigenvalue weighted by atomic mass is 16.4. The smallest absolute Gasteiger partial charge is 0.326 e. The Hall–Kier alpha value is -6.35. The number of rotatable bonds is 25. The summed E-state index contributed by atoms with van der Waals surface area (Å²) in [5, 5.41) is 44.4. The Morgan fingerprint density at radius 3 is 1.84 bits per heavy atom. The van der Waals surface area contributed by atoms with Crippen LogP contribution in [0.5, 0.6) is 0 Å². The lowest BCUT2D eigenvalue weighted by Gasteiger charge is -2.38. The zero-order valence-corrected chi connectivity index (χ0v) is 38.8. The van der Waals surface area contributed by atoms with Crippen molar-refractivity contribution in [2.45, 2.75) is 76.9 Å². The third-order valence-corrected chi connectivity index (χ3v) is 11.8. The molecule has 1 unspecified atom stereocenters. The van der Waals surface area contributed by atoms with E-state index < -0.39 is 71.4 Å². The van der Waals surface area contributed by atoms with E-state index in [-0.39, 0.29) is 89.4 Å². The third kappa shape index (κ3) is 19.1. The number of nitrogens with one attached hydrogen (secondary N) is 2. The fourth-order valence-electron chi connectivity index (χ4n) is 8.31. The summed E-state index contributed by atoms with van der Waals surface area (Å²) in [4.78, 5) is 120. The second kappa shape index (κ2) is 27.5. The van der Waals surface area contributed by atoms with Crippen LogP contribution in [0.2, 0.25) is 0 Å². The largest absolute Gasteiger partial charge is 0.480 e. The number of carbonyl (C=O) groups excluding carboxylic acids is 5. The van der Waals surface area contributed by atoms with Crippen molar-refractivity contribution in [3.63, 3.8) is 0 Å². The highest BCUT2D eigenvalue weighted by molar-refractivity contribution is 6.12. The van der Waals surface area contributed by atoms with Crippen molar-refractivity contribution >= 4 is 53.3 Å². The predicted molar refractivity (Wildman–Crippen MR) is 247 cm³/mol. The molecule has 1 fully saturated rings. The maximum atomic E-state index is 13.8. The fraction of sp³-hybridized carbons (Fsp3) is 0.521. The third-order valence-electron chi connectivity index (χ3n) is 11.8. The van der Waals surface area contributed by atoms with Gasteiger partial charge in [0.25, 0.3) is 17.7 Å². The summed E-state index contributed by atoms with van der Waals surface area (Å²) < 4.78 is 0. The van der Waals surface area contributed by atoms with Gasteiger partial charge in [-0.2, -0.15) is 0 Å². The van der Waals surface area contributed by atoms with Crippen LogP contribution in [0.1, 0.15) is 67.4 Å². The van der Waals surface area contributed by atoms with Gasteiger partial charge in [0.2, 0.25) is 5.91 Å². The summed E-state index contributed by atoms with van der Waals surface area (Å²) in [6.45, 7) is 6.56. The molecule has 0 saturated carbocycles. The first-order chi connectivity index (χ1) is 32.4. The number of carbonyl (C=O) groups is 9. The molecule has 20 nitrogen and oxygen atoms in total. The number of ketones is 1. The summed E-state index contributed by atoms with van der Waals surface area (Å²) in [5.74, 6) is -6.72. The zero-order chi connectivity index (χ0) is 49.8. The van der Waals surface area contributed by atoms with Crippen molar-refractivity contribution in [3.05, 3.63) is 83.4 Å². The zero-order valence-electron chi connectivity index (χ0n) is 38.8. The van der Waals surface area contributed by atoms with E-state index >= 15 is 0 Å². The van der Waals surface area contributed by atoms with E-state index in [1.165, 1.54) is 0 Å². The van der Waals surface area contributed by atoms with Gasteiger partial charge in [0.1, 0.15) is 6.04 Å². The number of amides is 4. The van der Waals surface area contributed by atoms with Gasteiger partial charge in [-0.3, -0.25) is 58.0 Å². The molecule has 2 aromatic rings. The number of carboxylic acid groups (broad SMARTS) is 4. The van der Waals surface area contributed by atoms with Crippen molar-refractivity contribution in [1.82, 2.24) is 35.1 Å². The molecule has 4 amide bonds. The van der Waals surface area contributed by atoms with Gasteiger partial charge in [-0.1, -0.05) is 56.3 Å². The Balaban J connectivity index is 1.46. The van der Waals surface area contributed by atoms with Gasteiger partial charge in [-0.05, 0) is 61.3 Å². The van der Waals surface area contributed by atoms with Crippen molar-refractivity contribution in [3.8, 4) is 0 Å². The average molecular weight is 948 g/mol. The summed E-state index contributed by atoms with van der Waals surface area (Å²) in [5.41, 5.74) is 1.69. The second-order valence-electron chi connectivity index (χ2n) is 17.7. The Kier molecular flexibility index (Phi) is 21.9. The Bertz CT molecular complexity index is 2080. The molecule has 3 atom stereocenters. The number of hydrogen-bond donors (Lipinski definition) is 6. The van der Waals surface area contributed by atoms with Gasteiger partial charge < -0.3 is 36.0 Å². The summed E-state index contributed by atoms with van der Waals surface area (Å²) in [6, 6.07) is 12.7. The predicted octanol–water partition coefficient (Wildman–Crippen LogP) is 1.08. The van der Waals surface area contributed by atoms with Crippen LogP contribution in [0.15, 0.2) is 66.7 Å². The molecule has 20 heteroatoms. The monoisotopic (exact) mass is 947 g/mol. The molecule has 0 bridgehead atoms. The Morgan fingerprint density at radius 2 is 1.24 bits per heavy atom. The first-order valence-corrected chi connectivity index (χ1v) is 22.9. The summed E-state index contributed by atoms with van der Waals surface area (Å²) in [7, 11) is 0. The van der Waals surface area contributed by atoms with Crippen LogP contribution in [0.4, 0.5) is 0 Å². The van der Waals surface area contributed by atoms with Crippen LogP contribution in [-0.4, -0.2) is 195 Å². The standard InChI is InChI=1S/C48H65N7O13/c1-33(2)28-51-20-21-52(30-44(60)61)22-23-53(31-45(62)63)29-37(54(25-24-51)32-46(64)65)26-35-11-13-36(14-12-35)47(66)50-39(27-34-8-4-3-5-9-34)40(56)15-16-41(57)49-38(48(67)68)10-6-7-19-55-42(58)17-18-43(55)59/h3-5,8-9,11-14,17-18,33,37-39H,6-7,10,15-16,19-32H2,1-2H3,(H,49,57)(H,50,66)(H,60,61)(H,62,63)(H,64,65)(H,67,68)/t37?,38-,39-/m0/s1.